The third-order valence-corrected chi connectivity index (χ3v) is 3.81. The van der Waals surface area contributed by atoms with Crippen LogP contribution in [0.4, 0.5) is 0 Å². The van der Waals surface area contributed by atoms with E-state index in [4.69, 9.17) is 8.94 Å². The Morgan fingerprint density at radius 2 is 2.29 bits per heavy atom. The van der Waals surface area contributed by atoms with Crippen molar-refractivity contribution in [1.29, 1.82) is 0 Å². The van der Waals surface area contributed by atoms with Crippen LogP contribution in [0.25, 0.3) is 11.5 Å². The van der Waals surface area contributed by atoms with Gasteiger partial charge in [0.2, 0.25) is 5.76 Å². The number of carbonyl (C=O) groups excluding carboxylic acids is 1. The van der Waals surface area contributed by atoms with E-state index in [2.05, 4.69) is 10.5 Å². The van der Waals surface area contributed by atoms with Gasteiger partial charge in [0, 0.05) is 17.5 Å². The Morgan fingerprint density at radius 3 is 3.00 bits per heavy atom. The van der Waals surface area contributed by atoms with E-state index in [1.54, 1.807) is 12.1 Å². The van der Waals surface area contributed by atoms with Crippen LogP contribution in [0, 0.1) is 0 Å². The number of nitrogens with zero attached hydrogens (tertiary/aromatic N) is 1. The number of hydrogen-bond acceptors (Lipinski definition) is 6. The highest BCUT2D eigenvalue weighted by molar-refractivity contribution is 7.10. The Morgan fingerprint density at radius 1 is 1.38 bits per heavy atom. The molecule has 0 fully saturated rings. The Kier molecular flexibility index (Phi) is 3.85. The monoisotopic (exact) mass is 304 g/mol. The summed E-state index contributed by atoms with van der Waals surface area (Å²) in [5.74, 6) is 0.469. The maximum absolute atomic E-state index is 11.9. The minimum absolute atomic E-state index is 0.113. The van der Waals surface area contributed by atoms with E-state index in [0.717, 1.165) is 4.88 Å². The third kappa shape index (κ3) is 3.04. The number of nitrogens with one attached hydrogen (secondary N) is 1. The zero-order valence-electron chi connectivity index (χ0n) is 10.9. The van der Waals surface area contributed by atoms with E-state index < -0.39 is 12.0 Å². The summed E-state index contributed by atoms with van der Waals surface area (Å²) in [4.78, 5) is 12.7. The normalized spacial score (nSPS) is 12.2. The summed E-state index contributed by atoms with van der Waals surface area (Å²) in [5, 5.41) is 18.1. The number of aliphatic hydroxyl groups excluding tert-OH is 1. The van der Waals surface area contributed by atoms with Crippen molar-refractivity contribution in [1.82, 2.24) is 10.5 Å². The summed E-state index contributed by atoms with van der Waals surface area (Å²) in [6.45, 7) is 0.113. The fourth-order valence-electron chi connectivity index (χ4n) is 1.78. The standard InChI is InChI=1S/C14H12N2O4S/c17-10(13-4-2-6-21-13)8-15-14(18)9-7-12(20-16-9)11-3-1-5-19-11/h1-7,10,17H,8H2,(H,15,18)/t10-/m0/s1. The number of carbonyl (C=O) groups is 1. The van der Waals surface area contributed by atoms with Crippen LogP contribution in [0.5, 0.6) is 0 Å². The lowest BCUT2D eigenvalue weighted by Crippen LogP contribution is -2.28. The summed E-state index contributed by atoms with van der Waals surface area (Å²) >= 11 is 1.43. The summed E-state index contributed by atoms with van der Waals surface area (Å²) in [6, 6.07) is 8.58. The van der Waals surface area contributed by atoms with Gasteiger partial charge in [-0.25, -0.2) is 0 Å². The molecule has 0 aromatic carbocycles. The third-order valence-electron chi connectivity index (χ3n) is 2.83. The zero-order chi connectivity index (χ0) is 14.7. The maximum atomic E-state index is 11.9. The minimum atomic E-state index is -0.731. The van der Waals surface area contributed by atoms with Crippen molar-refractivity contribution in [3.05, 3.63) is 52.5 Å². The van der Waals surface area contributed by atoms with E-state index in [9.17, 15) is 9.90 Å². The molecule has 0 aliphatic heterocycles. The van der Waals surface area contributed by atoms with E-state index in [-0.39, 0.29) is 12.2 Å². The first kappa shape index (κ1) is 13.6. The van der Waals surface area contributed by atoms with Gasteiger partial charge in [-0.05, 0) is 23.6 Å². The van der Waals surface area contributed by atoms with Crippen molar-refractivity contribution < 1.29 is 18.8 Å². The molecule has 0 aliphatic rings. The molecular formula is C14H12N2O4S. The molecule has 1 amide bonds. The molecule has 108 valence electrons. The molecule has 3 heterocycles. The molecule has 21 heavy (non-hydrogen) atoms. The highest BCUT2D eigenvalue weighted by Crippen LogP contribution is 2.21. The van der Waals surface area contributed by atoms with Crippen LogP contribution in [-0.2, 0) is 0 Å². The number of hydrogen-bond donors (Lipinski definition) is 2. The number of aromatic nitrogens is 1. The number of rotatable bonds is 5. The van der Waals surface area contributed by atoms with Crippen molar-refractivity contribution >= 4 is 17.2 Å². The van der Waals surface area contributed by atoms with Crippen LogP contribution in [0.3, 0.4) is 0 Å². The summed E-state index contributed by atoms with van der Waals surface area (Å²) < 4.78 is 10.2. The molecule has 3 aromatic rings. The molecule has 0 saturated heterocycles. The molecule has 0 radical (unpaired) electrons. The lowest BCUT2D eigenvalue weighted by Gasteiger charge is -2.08. The summed E-state index contributed by atoms with van der Waals surface area (Å²) in [7, 11) is 0. The van der Waals surface area contributed by atoms with E-state index in [1.165, 1.54) is 23.7 Å². The lowest BCUT2D eigenvalue weighted by atomic mass is 10.2. The molecule has 0 spiro atoms. The molecule has 6 nitrogen and oxygen atoms in total. The second-order valence-electron chi connectivity index (χ2n) is 4.29. The van der Waals surface area contributed by atoms with Crippen LogP contribution >= 0.6 is 11.3 Å². The molecule has 1 atom stereocenters. The van der Waals surface area contributed by atoms with Gasteiger partial charge in [-0.2, -0.15) is 0 Å². The quantitative estimate of drug-likeness (QED) is 0.756. The van der Waals surface area contributed by atoms with Crippen molar-refractivity contribution in [3.63, 3.8) is 0 Å². The van der Waals surface area contributed by atoms with E-state index in [1.807, 2.05) is 17.5 Å². The molecule has 0 bridgehead atoms. The van der Waals surface area contributed by atoms with Gasteiger partial charge >= 0.3 is 0 Å². The highest BCUT2D eigenvalue weighted by Gasteiger charge is 2.16. The van der Waals surface area contributed by atoms with Gasteiger partial charge in [0.15, 0.2) is 11.5 Å². The van der Waals surface area contributed by atoms with Crippen LogP contribution < -0.4 is 5.32 Å². The van der Waals surface area contributed by atoms with Crippen LogP contribution in [-0.4, -0.2) is 22.7 Å². The van der Waals surface area contributed by atoms with Gasteiger partial charge in [0.05, 0.1) is 6.26 Å². The Bertz CT molecular complexity index is 703. The average molecular weight is 304 g/mol. The average Bonchev–Trinajstić information content (AvgIpc) is 3.25. The SMILES string of the molecule is O=C(NC[C@H](O)c1cccs1)c1cc(-c2ccco2)on1. The first-order valence-corrected chi connectivity index (χ1v) is 7.12. The van der Waals surface area contributed by atoms with Gasteiger partial charge in [-0.3, -0.25) is 4.79 Å². The van der Waals surface area contributed by atoms with Crippen molar-refractivity contribution in [3.8, 4) is 11.5 Å². The topological polar surface area (TPSA) is 88.5 Å². The maximum Gasteiger partial charge on any atom is 0.273 e. The van der Waals surface area contributed by atoms with Crippen LogP contribution in [0.1, 0.15) is 21.5 Å². The molecule has 3 aromatic heterocycles. The fraction of sp³-hybridized carbons (Fsp3) is 0.143. The molecule has 0 aliphatic carbocycles. The summed E-state index contributed by atoms with van der Waals surface area (Å²) in [5.41, 5.74) is 0.139. The largest absolute Gasteiger partial charge is 0.461 e. The molecular weight excluding hydrogens is 292 g/mol. The predicted octanol–water partition coefficient (Wildman–Crippen LogP) is 2.46. The number of amides is 1. The number of thiophene rings is 1. The number of aliphatic hydroxyl groups is 1. The van der Waals surface area contributed by atoms with Gasteiger partial charge in [-0.15, -0.1) is 11.3 Å². The predicted molar refractivity (Wildman–Crippen MR) is 75.8 cm³/mol. The Labute approximate surface area is 124 Å². The summed E-state index contributed by atoms with van der Waals surface area (Å²) in [6.07, 6.45) is 0.778. The van der Waals surface area contributed by atoms with Crippen molar-refractivity contribution in [2.24, 2.45) is 0 Å². The van der Waals surface area contributed by atoms with Crippen LogP contribution in [0.2, 0.25) is 0 Å². The van der Waals surface area contributed by atoms with Crippen molar-refractivity contribution in [2.45, 2.75) is 6.10 Å². The van der Waals surface area contributed by atoms with Gasteiger partial charge < -0.3 is 19.4 Å². The zero-order valence-corrected chi connectivity index (χ0v) is 11.7. The second-order valence-corrected chi connectivity index (χ2v) is 5.27. The number of furan rings is 1. The smallest absolute Gasteiger partial charge is 0.273 e. The van der Waals surface area contributed by atoms with Crippen molar-refractivity contribution in [2.75, 3.05) is 6.54 Å². The first-order valence-electron chi connectivity index (χ1n) is 6.24. The van der Waals surface area contributed by atoms with E-state index in [0.29, 0.717) is 11.5 Å². The molecule has 7 heteroatoms. The minimum Gasteiger partial charge on any atom is -0.461 e. The Balaban J connectivity index is 1.61. The first-order chi connectivity index (χ1) is 10.2. The van der Waals surface area contributed by atoms with E-state index >= 15 is 0 Å². The van der Waals surface area contributed by atoms with Gasteiger partial charge in [0.25, 0.3) is 5.91 Å². The molecule has 3 rings (SSSR count). The lowest BCUT2D eigenvalue weighted by molar-refractivity contribution is 0.0909. The molecule has 0 unspecified atom stereocenters. The second kappa shape index (κ2) is 5.94. The fourth-order valence-corrected chi connectivity index (χ4v) is 2.49. The van der Waals surface area contributed by atoms with Gasteiger partial charge in [0.1, 0.15) is 6.10 Å². The molecule has 2 N–H and O–H groups in total. The Hall–Kier alpha value is -2.38. The van der Waals surface area contributed by atoms with Gasteiger partial charge in [-0.1, -0.05) is 11.2 Å². The van der Waals surface area contributed by atoms with Crippen LogP contribution in [0.15, 0.2) is 50.9 Å². The highest BCUT2D eigenvalue weighted by atomic mass is 32.1. The molecule has 0 saturated carbocycles.